The molecule has 108 valence electrons. The standard InChI is InChI=1S/C13H21NO5/c1-4-5-6-12-14(11(16)7-9(2)15)10(8-19-12)13(17)18-3/h10,12H,4-8H2,1-3H3/t10-,12+/m0/s1. The van der Waals surface area contributed by atoms with E-state index in [1.54, 1.807) is 0 Å². The second-order valence-electron chi connectivity index (χ2n) is 4.65. The molecule has 0 aliphatic carbocycles. The summed E-state index contributed by atoms with van der Waals surface area (Å²) in [5.41, 5.74) is 0. The van der Waals surface area contributed by atoms with Gasteiger partial charge in [-0.1, -0.05) is 13.3 Å². The van der Waals surface area contributed by atoms with Crippen LogP contribution in [0.5, 0.6) is 0 Å². The Labute approximate surface area is 113 Å². The van der Waals surface area contributed by atoms with Crippen molar-refractivity contribution in [2.75, 3.05) is 13.7 Å². The first-order valence-electron chi connectivity index (χ1n) is 6.51. The van der Waals surface area contributed by atoms with Crippen molar-refractivity contribution in [2.24, 2.45) is 0 Å². The number of amides is 1. The zero-order valence-electron chi connectivity index (χ0n) is 11.7. The van der Waals surface area contributed by atoms with Crippen LogP contribution in [-0.4, -0.2) is 48.5 Å². The summed E-state index contributed by atoms with van der Waals surface area (Å²) >= 11 is 0. The highest BCUT2D eigenvalue weighted by Gasteiger charge is 2.42. The maximum atomic E-state index is 12.1. The Morgan fingerprint density at radius 1 is 1.37 bits per heavy atom. The van der Waals surface area contributed by atoms with Gasteiger partial charge >= 0.3 is 5.97 Å². The first-order chi connectivity index (χ1) is 9.01. The van der Waals surface area contributed by atoms with Gasteiger partial charge in [-0.05, 0) is 19.8 Å². The van der Waals surface area contributed by atoms with E-state index >= 15 is 0 Å². The number of Topliss-reactive ketones (excluding diaryl/α,β-unsaturated/α-hetero) is 1. The number of hydrogen-bond donors (Lipinski definition) is 0. The number of rotatable bonds is 6. The summed E-state index contributed by atoms with van der Waals surface area (Å²) in [6.07, 6.45) is 1.88. The minimum Gasteiger partial charge on any atom is -0.467 e. The van der Waals surface area contributed by atoms with Gasteiger partial charge in [0.1, 0.15) is 12.0 Å². The van der Waals surface area contributed by atoms with Gasteiger partial charge in [-0.15, -0.1) is 0 Å². The maximum absolute atomic E-state index is 12.1. The van der Waals surface area contributed by atoms with Crippen LogP contribution in [0, 0.1) is 0 Å². The number of ketones is 1. The van der Waals surface area contributed by atoms with Crippen LogP contribution in [0.4, 0.5) is 0 Å². The molecule has 1 rings (SSSR count). The van der Waals surface area contributed by atoms with Gasteiger partial charge in [0.2, 0.25) is 5.91 Å². The lowest BCUT2D eigenvalue weighted by atomic mass is 10.1. The van der Waals surface area contributed by atoms with Crippen molar-refractivity contribution >= 4 is 17.7 Å². The Kier molecular flexibility index (Phi) is 5.95. The molecule has 0 aromatic carbocycles. The lowest BCUT2D eigenvalue weighted by Gasteiger charge is -2.26. The fourth-order valence-corrected chi connectivity index (χ4v) is 2.12. The van der Waals surface area contributed by atoms with Crippen LogP contribution >= 0.6 is 0 Å². The van der Waals surface area contributed by atoms with E-state index in [4.69, 9.17) is 4.74 Å². The van der Waals surface area contributed by atoms with Crippen LogP contribution in [0.3, 0.4) is 0 Å². The number of esters is 1. The predicted molar refractivity (Wildman–Crippen MR) is 67.2 cm³/mol. The highest BCUT2D eigenvalue weighted by atomic mass is 16.5. The molecular weight excluding hydrogens is 250 g/mol. The molecule has 0 N–H and O–H groups in total. The fraction of sp³-hybridized carbons (Fsp3) is 0.769. The zero-order valence-corrected chi connectivity index (χ0v) is 11.7. The van der Waals surface area contributed by atoms with Crippen LogP contribution in [-0.2, 0) is 23.9 Å². The summed E-state index contributed by atoms with van der Waals surface area (Å²) in [6.45, 7) is 3.52. The van der Waals surface area contributed by atoms with Gasteiger partial charge in [-0.3, -0.25) is 9.59 Å². The Balaban J connectivity index is 2.81. The quantitative estimate of drug-likeness (QED) is 0.529. The summed E-state index contributed by atoms with van der Waals surface area (Å²) < 4.78 is 10.2. The molecule has 1 aliphatic rings. The highest BCUT2D eigenvalue weighted by molar-refractivity contribution is 5.98. The van der Waals surface area contributed by atoms with E-state index < -0.39 is 18.2 Å². The summed E-state index contributed by atoms with van der Waals surface area (Å²) in [6, 6.07) is -0.737. The maximum Gasteiger partial charge on any atom is 0.331 e. The minimum absolute atomic E-state index is 0.130. The van der Waals surface area contributed by atoms with Crippen LogP contribution in [0.25, 0.3) is 0 Å². The fourth-order valence-electron chi connectivity index (χ4n) is 2.12. The molecule has 2 atom stereocenters. The van der Waals surface area contributed by atoms with Crippen molar-refractivity contribution < 1.29 is 23.9 Å². The van der Waals surface area contributed by atoms with Crippen molar-refractivity contribution in [3.63, 3.8) is 0 Å². The summed E-state index contributed by atoms with van der Waals surface area (Å²) in [5.74, 6) is -1.10. The minimum atomic E-state index is -0.737. The third-order valence-corrected chi connectivity index (χ3v) is 3.06. The van der Waals surface area contributed by atoms with Gasteiger partial charge < -0.3 is 14.4 Å². The second-order valence-corrected chi connectivity index (χ2v) is 4.65. The Morgan fingerprint density at radius 2 is 2.05 bits per heavy atom. The van der Waals surface area contributed by atoms with E-state index in [0.717, 1.165) is 12.8 Å². The van der Waals surface area contributed by atoms with E-state index in [0.29, 0.717) is 6.42 Å². The smallest absolute Gasteiger partial charge is 0.331 e. The number of nitrogens with zero attached hydrogens (tertiary/aromatic N) is 1. The lowest BCUT2D eigenvalue weighted by molar-refractivity contribution is -0.153. The lowest BCUT2D eigenvalue weighted by Crippen LogP contribution is -2.46. The Hall–Kier alpha value is -1.43. The molecule has 1 fully saturated rings. The molecule has 6 heteroatoms. The number of ether oxygens (including phenoxy) is 2. The normalized spacial score (nSPS) is 22.4. The van der Waals surface area contributed by atoms with Crippen molar-refractivity contribution in [2.45, 2.75) is 51.8 Å². The third-order valence-electron chi connectivity index (χ3n) is 3.06. The number of carbonyl (C=O) groups excluding carboxylic acids is 3. The molecule has 0 aromatic heterocycles. The van der Waals surface area contributed by atoms with Gasteiger partial charge in [0.25, 0.3) is 0 Å². The molecule has 1 amide bonds. The van der Waals surface area contributed by atoms with Gasteiger partial charge in [0.15, 0.2) is 6.04 Å². The van der Waals surface area contributed by atoms with Crippen LogP contribution in [0.2, 0.25) is 0 Å². The van der Waals surface area contributed by atoms with Gasteiger partial charge in [-0.25, -0.2) is 4.79 Å². The molecule has 0 bridgehead atoms. The molecule has 0 saturated carbocycles. The largest absolute Gasteiger partial charge is 0.467 e. The third kappa shape index (κ3) is 4.02. The molecule has 0 spiro atoms. The number of hydrogen-bond acceptors (Lipinski definition) is 5. The second kappa shape index (κ2) is 7.23. The zero-order chi connectivity index (χ0) is 14.4. The van der Waals surface area contributed by atoms with Crippen LogP contribution in [0.1, 0.15) is 39.5 Å². The molecule has 19 heavy (non-hydrogen) atoms. The van der Waals surface area contributed by atoms with Gasteiger partial charge in [-0.2, -0.15) is 0 Å². The average molecular weight is 271 g/mol. The molecule has 1 aliphatic heterocycles. The van der Waals surface area contributed by atoms with E-state index in [2.05, 4.69) is 4.74 Å². The highest BCUT2D eigenvalue weighted by Crippen LogP contribution is 2.23. The summed E-state index contributed by atoms with van der Waals surface area (Å²) in [5, 5.41) is 0. The topological polar surface area (TPSA) is 72.9 Å². The molecule has 1 heterocycles. The molecular formula is C13H21NO5. The van der Waals surface area contributed by atoms with Crippen molar-refractivity contribution in [1.29, 1.82) is 0 Å². The average Bonchev–Trinajstić information content (AvgIpc) is 2.78. The number of methoxy groups -OCH3 is 1. The van der Waals surface area contributed by atoms with Crippen molar-refractivity contribution in [1.82, 2.24) is 4.90 Å². The number of unbranched alkanes of at least 4 members (excludes halogenated alkanes) is 1. The molecule has 0 radical (unpaired) electrons. The SMILES string of the molecule is CCCC[C@H]1OC[C@@H](C(=O)OC)N1C(=O)CC(C)=O. The Morgan fingerprint density at radius 3 is 2.58 bits per heavy atom. The summed E-state index contributed by atoms with van der Waals surface area (Å²) in [4.78, 5) is 36.2. The van der Waals surface area contributed by atoms with Crippen molar-refractivity contribution in [3.8, 4) is 0 Å². The van der Waals surface area contributed by atoms with Gasteiger partial charge in [0.05, 0.1) is 20.1 Å². The molecule has 1 saturated heterocycles. The summed E-state index contributed by atoms with van der Waals surface area (Å²) in [7, 11) is 1.27. The van der Waals surface area contributed by atoms with E-state index in [1.165, 1.54) is 18.9 Å². The monoisotopic (exact) mass is 271 g/mol. The molecule has 6 nitrogen and oxygen atoms in total. The van der Waals surface area contributed by atoms with E-state index in [-0.39, 0.29) is 24.7 Å². The van der Waals surface area contributed by atoms with Gasteiger partial charge in [0, 0.05) is 0 Å². The van der Waals surface area contributed by atoms with Crippen LogP contribution < -0.4 is 0 Å². The number of carbonyl (C=O) groups is 3. The first-order valence-corrected chi connectivity index (χ1v) is 6.51. The first kappa shape index (κ1) is 15.6. The molecule has 0 aromatic rings. The van der Waals surface area contributed by atoms with E-state index in [9.17, 15) is 14.4 Å². The molecule has 0 unspecified atom stereocenters. The van der Waals surface area contributed by atoms with Crippen molar-refractivity contribution in [3.05, 3.63) is 0 Å². The van der Waals surface area contributed by atoms with E-state index in [1.807, 2.05) is 6.92 Å². The van der Waals surface area contributed by atoms with Crippen LogP contribution in [0.15, 0.2) is 0 Å². The Bertz CT molecular complexity index is 355. The predicted octanol–water partition coefficient (Wildman–Crippen LogP) is 0.882.